The van der Waals surface area contributed by atoms with E-state index in [0.717, 1.165) is 18.5 Å². The van der Waals surface area contributed by atoms with Crippen LogP contribution in [0.5, 0.6) is 0 Å². The minimum atomic E-state index is -3.53. The zero-order valence-electron chi connectivity index (χ0n) is 11.9. The Bertz CT molecular complexity index is 686. The maximum atomic E-state index is 12.4. The SMILES string of the molecule is O=S(=O)(Nn1cccc1C1CCCCC1)c1ccccc1. The van der Waals surface area contributed by atoms with Crippen molar-refractivity contribution in [1.82, 2.24) is 4.68 Å². The number of nitrogens with zero attached hydrogens (tertiary/aromatic N) is 1. The van der Waals surface area contributed by atoms with Crippen molar-refractivity contribution >= 4 is 10.0 Å². The lowest BCUT2D eigenvalue weighted by Gasteiger charge is -2.23. The summed E-state index contributed by atoms with van der Waals surface area (Å²) in [6.07, 6.45) is 7.79. The number of nitrogens with one attached hydrogen (secondary N) is 1. The summed E-state index contributed by atoms with van der Waals surface area (Å²) in [5.41, 5.74) is 1.06. The van der Waals surface area contributed by atoms with Gasteiger partial charge in [0, 0.05) is 17.8 Å². The van der Waals surface area contributed by atoms with Gasteiger partial charge in [0.2, 0.25) is 0 Å². The molecule has 21 heavy (non-hydrogen) atoms. The van der Waals surface area contributed by atoms with Crippen molar-refractivity contribution in [3.8, 4) is 0 Å². The molecule has 0 spiro atoms. The van der Waals surface area contributed by atoms with E-state index in [1.165, 1.54) is 19.3 Å². The molecule has 1 saturated carbocycles. The van der Waals surface area contributed by atoms with Gasteiger partial charge in [0.1, 0.15) is 0 Å². The molecule has 3 rings (SSSR count). The summed E-state index contributed by atoms with van der Waals surface area (Å²) in [6, 6.07) is 12.4. The fourth-order valence-corrected chi connectivity index (χ4v) is 4.04. The highest BCUT2D eigenvalue weighted by Gasteiger charge is 2.21. The number of benzene rings is 1. The average Bonchev–Trinajstić information content (AvgIpc) is 2.96. The summed E-state index contributed by atoms with van der Waals surface area (Å²) in [7, 11) is -3.53. The van der Waals surface area contributed by atoms with Crippen molar-refractivity contribution in [3.05, 3.63) is 54.4 Å². The fourth-order valence-electron chi connectivity index (χ4n) is 2.99. The summed E-state index contributed by atoms with van der Waals surface area (Å²) in [6.45, 7) is 0. The summed E-state index contributed by atoms with van der Waals surface area (Å²) in [5, 5.41) is 0. The minimum Gasteiger partial charge on any atom is -0.258 e. The highest BCUT2D eigenvalue weighted by Crippen LogP contribution is 2.32. The maximum absolute atomic E-state index is 12.4. The molecule has 1 aromatic heterocycles. The third-order valence-electron chi connectivity index (χ3n) is 4.08. The fraction of sp³-hybridized carbons (Fsp3) is 0.375. The molecule has 2 aromatic rings. The highest BCUT2D eigenvalue weighted by molar-refractivity contribution is 7.92. The van der Waals surface area contributed by atoms with Crippen LogP contribution < -0.4 is 4.83 Å². The van der Waals surface area contributed by atoms with E-state index >= 15 is 0 Å². The molecule has 0 atom stereocenters. The van der Waals surface area contributed by atoms with Crippen molar-refractivity contribution in [2.75, 3.05) is 4.83 Å². The van der Waals surface area contributed by atoms with E-state index in [0.29, 0.717) is 5.92 Å². The predicted octanol–water partition coefficient (Wildman–Crippen LogP) is 3.47. The second-order valence-corrected chi connectivity index (χ2v) is 7.21. The summed E-state index contributed by atoms with van der Waals surface area (Å²) in [5.74, 6) is 0.451. The lowest BCUT2D eigenvalue weighted by Crippen LogP contribution is -2.25. The van der Waals surface area contributed by atoms with Crippen LogP contribution in [0.3, 0.4) is 0 Å². The molecule has 0 aliphatic heterocycles. The Hall–Kier alpha value is -1.75. The molecule has 0 unspecified atom stereocenters. The van der Waals surface area contributed by atoms with Crippen LogP contribution in [0.4, 0.5) is 0 Å². The van der Waals surface area contributed by atoms with E-state index in [2.05, 4.69) is 4.83 Å². The Balaban J connectivity index is 1.84. The van der Waals surface area contributed by atoms with Gasteiger partial charge in [-0.1, -0.05) is 37.5 Å². The van der Waals surface area contributed by atoms with Crippen LogP contribution in [0.2, 0.25) is 0 Å². The monoisotopic (exact) mass is 304 g/mol. The normalized spacial score (nSPS) is 16.8. The average molecular weight is 304 g/mol. The Labute approximate surface area is 125 Å². The molecule has 112 valence electrons. The van der Waals surface area contributed by atoms with Crippen LogP contribution in [0, 0.1) is 0 Å². The van der Waals surface area contributed by atoms with Crippen molar-refractivity contribution in [1.29, 1.82) is 0 Å². The molecule has 0 amide bonds. The minimum absolute atomic E-state index is 0.285. The molecule has 5 heteroatoms. The van der Waals surface area contributed by atoms with Crippen molar-refractivity contribution in [3.63, 3.8) is 0 Å². The van der Waals surface area contributed by atoms with Gasteiger partial charge in [0.15, 0.2) is 0 Å². The van der Waals surface area contributed by atoms with E-state index in [1.54, 1.807) is 35.1 Å². The van der Waals surface area contributed by atoms with Crippen LogP contribution >= 0.6 is 0 Å². The van der Waals surface area contributed by atoms with Crippen LogP contribution in [-0.2, 0) is 10.0 Å². The van der Waals surface area contributed by atoms with Gasteiger partial charge in [-0.05, 0) is 37.1 Å². The number of hydrogen-bond donors (Lipinski definition) is 1. The molecule has 1 aliphatic rings. The lowest BCUT2D eigenvalue weighted by atomic mass is 9.87. The largest absolute Gasteiger partial charge is 0.275 e. The van der Waals surface area contributed by atoms with Crippen LogP contribution in [-0.4, -0.2) is 13.1 Å². The van der Waals surface area contributed by atoms with E-state index in [-0.39, 0.29) is 4.90 Å². The third kappa shape index (κ3) is 3.13. The summed E-state index contributed by atoms with van der Waals surface area (Å²) < 4.78 is 26.5. The molecule has 1 aromatic carbocycles. The molecule has 4 nitrogen and oxygen atoms in total. The number of hydrogen-bond acceptors (Lipinski definition) is 2. The quantitative estimate of drug-likeness (QED) is 0.940. The van der Waals surface area contributed by atoms with Crippen molar-refractivity contribution in [2.24, 2.45) is 0 Å². The molecule has 1 aliphatic carbocycles. The Morgan fingerprint density at radius 1 is 0.952 bits per heavy atom. The van der Waals surface area contributed by atoms with Gasteiger partial charge < -0.3 is 0 Å². The van der Waals surface area contributed by atoms with Gasteiger partial charge in [-0.25, -0.2) is 4.83 Å². The van der Waals surface area contributed by atoms with E-state index < -0.39 is 10.0 Å². The Kier molecular flexibility index (Phi) is 4.01. The maximum Gasteiger partial charge on any atom is 0.275 e. The van der Waals surface area contributed by atoms with Gasteiger partial charge in [-0.3, -0.25) is 4.68 Å². The molecule has 0 saturated heterocycles. The predicted molar refractivity (Wildman–Crippen MR) is 83.2 cm³/mol. The molecule has 0 radical (unpaired) electrons. The molecular weight excluding hydrogens is 284 g/mol. The molecule has 1 N–H and O–H groups in total. The third-order valence-corrected chi connectivity index (χ3v) is 5.41. The number of sulfonamides is 1. The molecule has 0 bridgehead atoms. The first kappa shape index (κ1) is 14.2. The van der Waals surface area contributed by atoms with Gasteiger partial charge in [-0.15, -0.1) is 0 Å². The molecule has 1 fully saturated rings. The van der Waals surface area contributed by atoms with E-state index in [9.17, 15) is 8.42 Å². The molecular formula is C16H20N2O2S. The van der Waals surface area contributed by atoms with Gasteiger partial charge in [-0.2, -0.15) is 8.42 Å². The second-order valence-electron chi connectivity index (χ2n) is 5.55. The van der Waals surface area contributed by atoms with Gasteiger partial charge >= 0.3 is 0 Å². The van der Waals surface area contributed by atoms with E-state index in [4.69, 9.17) is 0 Å². The Morgan fingerprint density at radius 3 is 2.38 bits per heavy atom. The first-order valence-corrected chi connectivity index (χ1v) is 8.90. The van der Waals surface area contributed by atoms with Gasteiger partial charge in [0.05, 0.1) is 4.90 Å². The topological polar surface area (TPSA) is 51.1 Å². The molecule has 1 heterocycles. The Morgan fingerprint density at radius 2 is 1.67 bits per heavy atom. The van der Waals surface area contributed by atoms with Crippen LogP contribution in [0.15, 0.2) is 53.6 Å². The summed E-state index contributed by atoms with van der Waals surface area (Å²) in [4.78, 5) is 2.95. The second kappa shape index (κ2) is 5.93. The zero-order chi connectivity index (χ0) is 14.7. The first-order chi connectivity index (χ1) is 10.2. The first-order valence-electron chi connectivity index (χ1n) is 7.42. The number of aromatic nitrogens is 1. The lowest BCUT2D eigenvalue weighted by molar-refractivity contribution is 0.431. The van der Waals surface area contributed by atoms with Crippen molar-refractivity contribution < 1.29 is 8.42 Å². The highest BCUT2D eigenvalue weighted by atomic mass is 32.2. The number of rotatable bonds is 4. The van der Waals surface area contributed by atoms with Crippen LogP contribution in [0.1, 0.15) is 43.7 Å². The van der Waals surface area contributed by atoms with Gasteiger partial charge in [0.25, 0.3) is 10.0 Å². The smallest absolute Gasteiger partial charge is 0.258 e. The summed E-state index contributed by atoms with van der Waals surface area (Å²) >= 11 is 0. The van der Waals surface area contributed by atoms with Crippen molar-refractivity contribution in [2.45, 2.75) is 42.9 Å². The standard InChI is InChI=1S/C16H20N2O2S/c19-21(20,15-10-5-2-6-11-15)17-18-13-7-12-16(18)14-8-3-1-4-9-14/h2,5-7,10-14,17H,1,3-4,8-9H2. The zero-order valence-corrected chi connectivity index (χ0v) is 12.7. The van der Waals surface area contributed by atoms with E-state index in [1.807, 2.05) is 18.2 Å². The van der Waals surface area contributed by atoms with Crippen LogP contribution in [0.25, 0.3) is 0 Å².